The smallest absolute Gasteiger partial charge is 0.136 e. The average molecular weight is 234 g/mol. The predicted octanol–water partition coefficient (Wildman–Crippen LogP) is 2.71. The van der Waals surface area contributed by atoms with E-state index in [-0.39, 0.29) is 5.78 Å². The summed E-state index contributed by atoms with van der Waals surface area (Å²) in [4.78, 5) is 11.7. The van der Waals surface area contributed by atoms with Crippen LogP contribution in [0, 0.1) is 22.7 Å². The maximum Gasteiger partial charge on any atom is 0.136 e. The number of Topliss-reactive ketones (excluding diaryl/α,β-unsaturated/α-hetero) is 1. The van der Waals surface area contributed by atoms with E-state index < -0.39 is 16.4 Å². The first-order valence-corrected chi connectivity index (χ1v) is 5.95. The number of hydrogen-bond acceptors (Lipinski definition) is 2. The van der Waals surface area contributed by atoms with Crippen LogP contribution in [-0.4, -0.2) is 16.5 Å². The summed E-state index contributed by atoms with van der Waals surface area (Å²) in [5.74, 6) is 6.02. The van der Waals surface area contributed by atoms with Crippen LogP contribution in [0.4, 0.5) is 0 Å². The Morgan fingerprint density at radius 3 is 2.00 bits per heavy atom. The Balaban J connectivity index is 3.30. The first-order valence-electron chi connectivity index (χ1n) is 5.95. The van der Waals surface area contributed by atoms with Crippen molar-refractivity contribution in [3.05, 3.63) is 12.2 Å². The number of hydrogen-bond donors (Lipinski definition) is 1. The minimum absolute atomic E-state index is 0.196. The lowest BCUT2D eigenvalue weighted by Crippen LogP contribution is -2.59. The van der Waals surface area contributed by atoms with Crippen molar-refractivity contribution in [3.63, 3.8) is 0 Å². The second kappa shape index (κ2) is 3.99. The van der Waals surface area contributed by atoms with Gasteiger partial charge >= 0.3 is 0 Å². The molecule has 0 aromatic carbocycles. The molecular weight excluding hydrogens is 212 g/mol. The molecule has 0 aromatic heterocycles. The van der Waals surface area contributed by atoms with Crippen molar-refractivity contribution >= 4 is 5.78 Å². The van der Waals surface area contributed by atoms with Gasteiger partial charge in [0, 0.05) is 23.7 Å². The fraction of sp³-hybridized carbons (Fsp3) is 0.667. The summed E-state index contributed by atoms with van der Waals surface area (Å²) in [7, 11) is 0. The van der Waals surface area contributed by atoms with Crippen LogP contribution in [-0.2, 0) is 4.79 Å². The largest absolute Gasteiger partial charge is 0.376 e. The van der Waals surface area contributed by atoms with Crippen molar-refractivity contribution in [2.75, 3.05) is 0 Å². The topological polar surface area (TPSA) is 37.3 Å². The predicted molar refractivity (Wildman–Crippen MR) is 69.3 cm³/mol. The van der Waals surface area contributed by atoms with Crippen LogP contribution >= 0.6 is 0 Å². The molecule has 0 saturated heterocycles. The lowest BCUT2D eigenvalue weighted by atomic mass is 9.54. The standard InChI is InChI=1S/C15H22O2/c1-11(2)7-8-15(17)13(3,4)9-12(16)10-14(15,5)6/h17H,1,9-10H2,2-6H3. The zero-order chi connectivity index (χ0) is 13.5. The Labute approximate surface area is 104 Å². The van der Waals surface area contributed by atoms with Gasteiger partial charge in [-0.3, -0.25) is 4.79 Å². The molecule has 0 unspecified atom stereocenters. The number of aliphatic hydroxyl groups is 1. The van der Waals surface area contributed by atoms with E-state index in [4.69, 9.17) is 0 Å². The van der Waals surface area contributed by atoms with Crippen LogP contribution in [0.25, 0.3) is 0 Å². The highest BCUT2D eigenvalue weighted by Crippen LogP contribution is 2.52. The van der Waals surface area contributed by atoms with Gasteiger partial charge in [0.1, 0.15) is 11.4 Å². The van der Waals surface area contributed by atoms with Gasteiger partial charge in [0.25, 0.3) is 0 Å². The van der Waals surface area contributed by atoms with Crippen molar-refractivity contribution in [3.8, 4) is 11.8 Å². The molecule has 0 atom stereocenters. The molecule has 94 valence electrons. The van der Waals surface area contributed by atoms with Gasteiger partial charge in [-0.15, -0.1) is 0 Å². The third-order valence-corrected chi connectivity index (χ3v) is 3.69. The highest BCUT2D eigenvalue weighted by molar-refractivity contribution is 5.82. The van der Waals surface area contributed by atoms with E-state index in [1.807, 2.05) is 34.6 Å². The second-order valence-electron chi connectivity index (χ2n) is 6.40. The molecular formula is C15H22O2. The van der Waals surface area contributed by atoms with E-state index in [9.17, 15) is 9.90 Å². The molecule has 0 bridgehead atoms. The zero-order valence-corrected chi connectivity index (χ0v) is 11.5. The van der Waals surface area contributed by atoms with Crippen LogP contribution in [0.1, 0.15) is 47.5 Å². The molecule has 1 N–H and O–H groups in total. The summed E-state index contributed by atoms with van der Waals surface area (Å²) in [5.41, 5.74) is -1.50. The summed E-state index contributed by atoms with van der Waals surface area (Å²) in [6, 6.07) is 0. The van der Waals surface area contributed by atoms with Gasteiger partial charge in [-0.25, -0.2) is 0 Å². The van der Waals surface area contributed by atoms with E-state index in [0.717, 1.165) is 5.57 Å². The van der Waals surface area contributed by atoms with Gasteiger partial charge in [0.2, 0.25) is 0 Å². The highest BCUT2D eigenvalue weighted by atomic mass is 16.3. The molecule has 1 saturated carbocycles. The fourth-order valence-electron chi connectivity index (χ4n) is 2.76. The third-order valence-electron chi connectivity index (χ3n) is 3.69. The summed E-state index contributed by atoms with van der Waals surface area (Å²) in [6.45, 7) is 13.1. The normalized spacial score (nSPS) is 24.7. The molecule has 1 fully saturated rings. The third kappa shape index (κ3) is 2.30. The maximum atomic E-state index is 11.7. The molecule has 17 heavy (non-hydrogen) atoms. The molecule has 0 spiro atoms. The molecule has 0 amide bonds. The van der Waals surface area contributed by atoms with Crippen LogP contribution < -0.4 is 0 Å². The van der Waals surface area contributed by atoms with Crippen molar-refractivity contribution in [2.45, 2.75) is 53.1 Å². The van der Waals surface area contributed by atoms with E-state index in [1.165, 1.54) is 0 Å². The molecule has 1 aliphatic carbocycles. The van der Waals surface area contributed by atoms with Crippen LogP contribution in [0.2, 0.25) is 0 Å². The summed E-state index contributed by atoms with van der Waals surface area (Å²) < 4.78 is 0. The Hall–Kier alpha value is -1.07. The summed E-state index contributed by atoms with van der Waals surface area (Å²) in [5, 5.41) is 10.9. The Bertz CT molecular complexity index is 396. The maximum absolute atomic E-state index is 11.7. The van der Waals surface area contributed by atoms with Gasteiger partial charge < -0.3 is 5.11 Å². The molecule has 0 aliphatic heterocycles. The fourth-order valence-corrected chi connectivity index (χ4v) is 2.76. The minimum Gasteiger partial charge on any atom is -0.376 e. The van der Waals surface area contributed by atoms with Crippen LogP contribution in [0.5, 0.6) is 0 Å². The number of rotatable bonds is 0. The second-order valence-corrected chi connectivity index (χ2v) is 6.40. The molecule has 1 rings (SSSR count). The van der Waals surface area contributed by atoms with Gasteiger partial charge in [-0.2, -0.15) is 0 Å². The Morgan fingerprint density at radius 1 is 1.24 bits per heavy atom. The van der Waals surface area contributed by atoms with Gasteiger partial charge in [-0.1, -0.05) is 46.1 Å². The lowest BCUT2D eigenvalue weighted by Gasteiger charge is -2.52. The van der Waals surface area contributed by atoms with E-state index >= 15 is 0 Å². The zero-order valence-electron chi connectivity index (χ0n) is 11.5. The van der Waals surface area contributed by atoms with Crippen LogP contribution in [0.3, 0.4) is 0 Å². The van der Waals surface area contributed by atoms with Crippen LogP contribution in [0.15, 0.2) is 12.2 Å². The summed E-state index contributed by atoms with van der Waals surface area (Å²) in [6.07, 6.45) is 0.746. The van der Waals surface area contributed by atoms with Crippen molar-refractivity contribution < 1.29 is 9.90 Å². The molecule has 1 aliphatic rings. The minimum atomic E-state index is -1.16. The van der Waals surface area contributed by atoms with E-state index in [0.29, 0.717) is 12.8 Å². The number of carbonyl (C=O) groups excluding carboxylic acids is 1. The first kappa shape index (κ1) is 14.0. The number of carbonyl (C=O) groups is 1. The quantitative estimate of drug-likeness (QED) is 0.654. The number of allylic oxidation sites excluding steroid dienone is 1. The Morgan fingerprint density at radius 2 is 1.65 bits per heavy atom. The first-order chi connectivity index (χ1) is 7.52. The van der Waals surface area contributed by atoms with Gasteiger partial charge in [-0.05, 0) is 12.5 Å². The monoisotopic (exact) mass is 234 g/mol. The molecule has 0 aromatic rings. The Kier molecular flexibility index (Phi) is 3.29. The lowest BCUT2D eigenvalue weighted by molar-refractivity contribution is -0.157. The highest BCUT2D eigenvalue weighted by Gasteiger charge is 2.57. The van der Waals surface area contributed by atoms with Crippen molar-refractivity contribution in [2.24, 2.45) is 10.8 Å². The molecule has 2 nitrogen and oxygen atoms in total. The van der Waals surface area contributed by atoms with Crippen molar-refractivity contribution in [1.82, 2.24) is 0 Å². The van der Waals surface area contributed by atoms with Gasteiger partial charge in [0.15, 0.2) is 0 Å². The van der Waals surface area contributed by atoms with E-state index in [2.05, 4.69) is 18.4 Å². The van der Waals surface area contributed by atoms with E-state index in [1.54, 1.807) is 0 Å². The van der Waals surface area contributed by atoms with Crippen molar-refractivity contribution in [1.29, 1.82) is 0 Å². The number of ketones is 1. The summed E-state index contributed by atoms with van der Waals surface area (Å²) >= 11 is 0. The van der Waals surface area contributed by atoms with Gasteiger partial charge in [0.05, 0.1) is 0 Å². The molecule has 0 radical (unpaired) electrons. The molecule has 0 heterocycles. The average Bonchev–Trinajstić information content (AvgIpc) is 2.09. The SMILES string of the molecule is C=C(C)C#CC1(O)C(C)(C)CC(=O)CC1(C)C. The molecule has 2 heteroatoms.